The van der Waals surface area contributed by atoms with E-state index in [0.717, 1.165) is 12.3 Å². The molecule has 0 aliphatic heterocycles. The predicted octanol–water partition coefficient (Wildman–Crippen LogP) is 3.02. The van der Waals surface area contributed by atoms with Crippen LogP contribution in [0.3, 0.4) is 0 Å². The fraction of sp³-hybridized carbons (Fsp3) is 0.154. The van der Waals surface area contributed by atoms with Crippen LogP contribution < -0.4 is 5.32 Å². The molecule has 0 saturated carbocycles. The highest BCUT2D eigenvalue weighted by molar-refractivity contribution is 7.13. The summed E-state index contributed by atoms with van der Waals surface area (Å²) in [7, 11) is 0. The smallest absolute Gasteiger partial charge is 0.349 e. The van der Waals surface area contributed by atoms with Crippen molar-refractivity contribution in [2.45, 2.75) is 12.7 Å². The standard InChI is InChI=1S/C13H9F3N6S/c14-13(15,16)10-1-2-19-12(22-10)20-5-8-7-23-11(21-8)9-6-17-3-4-18-9/h1-4,6-7H,5H2,(H,19,20,22). The fourth-order valence-electron chi connectivity index (χ4n) is 1.69. The molecule has 0 bridgehead atoms. The maximum Gasteiger partial charge on any atom is 0.433 e. The van der Waals surface area contributed by atoms with Gasteiger partial charge in [0.2, 0.25) is 5.95 Å². The van der Waals surface area contributed by atoms with Crippen molar-refractivity contribution in [1.82, 2.24) is 24.9 Å². The Morgan fingerprint density at radius 2 is 1.96 bits per heavy atom. The first-order valence-corrected chi connectivity index (χ1v) is 7.25. The SMILES string of the molecule is FC(F)(F)c1ccnc(NCc2csc(-c3cnccn3)n2)n1. The summed E-state index contributed by atoms with van der Waals surface area (Å²) < 4.78 is 37.7. The van der Waals surface area contributed by atoms with Crippen molar-refractivity contribution in [3.05, 3.63) is 47.6 Å². The summed E-state index contributed by atoms with van der Waals surface area (Å²) in [6.45, 7) is 0.206. The quantitative estimate of drug-likeness (QED) is 0.788. The summed E-state index contributed by atoms with van der Waals surface area (Å²) in [6.07, 6.45) is 1.27. The molecule has 0 saturated heterocycles. The number of alkyl halides is 3. The van der Waals surface area contributed by atoms with Crippen LogP contribution in [0.15, 0.2) is 36.2 Å². The maximum atomic E-state index is 12.6. The molecule has 10 heteroatoms. The normalized spacial score (nSPS) is 11.4. The molecule has 3 aromatic rings. The number of halogens is 3. The third-order valence-electron chi connectivity index (χ3n) is 2.71. The lowest BCUT2D eigenvalue weighted by atomic mass is 10.4. The van der Waals surface area contributed by atoms with Gasteiger partial charge in [0.25, 0.3) is 0 Å². The maximum absolute atomic E-state index is 12.6. The van der Waals surface area contributed by atoms with E-state index in [0.29, 0.717) is 16.4 Å². The number of thiazole rings is 1. The van der Waals surface area contributed by atoms with E-state index in [1.165, 1.54) is 11.3 Å². The molecule has 0 unspecified atom stereocenters. The van der Waals surface area contributed by atoms with Gasteiger partial charge in [-0.25, -0.2) is 15.0 Å². The van der Waals surface area contributed by atoms with E-state index < -0.39 is 11.9 Å². The molecule has 0 amide bonds. The number of hydrogen-bond donors (Lipinski definition) is 1. The zero-order chi connectivity index (χ0) is 16.3. The Morgan fingerprint density at radius 1 is 1.09 bits per heavy atom. The molecule has 0 spiro atoms. The fourth-order valence-corrected chi connectivity index (χ4v) is 2.47. The van der Waals surface area contributed by atoms with Crippen LogP contribution >= 0.6 is 11.3 Å². The van der Waals surface area contributed by atoms with E-state index in [1.54, 1.807) is 24.0 Å². The molecule has 3 rings (SSSR count). The third kappa shape index (κ3) is 3.77. The van der Waals surface area contributed by atoms with Crippen LogP contribution in [0.1, 0.15) is 11.4 Å². The number of nitrogens with zero attached hydrogens (tertiary/aromatic N) is 5. The van der Waals surface area contributed by atoms with E-state index in [4.69, 9.17) is 0 Å². The number of anilines is 1. The first-order valence-electron chi connectivity index (χ1n) is 6.37. The molecule has 0 fully saturated rings. The molecule has 0 aliphatic carbocycles. The first-order chi connectivity index (χ1) is 11.0. The number of hydrogen-bond acceptors (Lipinski definition) is 7. The van der Waals surface area contributed by atoms with Crippen LogP contribution in [0.25, 0.3) is 10.7 Å². The lowest BCUT2D eigenvalue weighted by Crippen LogP contribution is -2.11. The highest BCUT2D eigenvalue weighted by Gasteiger charge is 2.32. The molecule has 0 aromatic carbocycles. The largest absolute Gasteiger partial charge is 0.433 e. The lowest BCUT2D eigenvalue weighted by Gasteiger charge is -2.07. The van der Waals surface area contributed by atoms with Crippen LogP contribution in [-0.4, -0.2) is 24.9 Å². The Kier molecular flexibility index (Phi) is 4.15. The van der Waals surface area contributed by atoms with Crippen LogP contribution in [0.2, 0.25) is 0 Å². The minimum atomic E-state index is -4.50. The summed E-state index contributed by atoms with van der Waals surface area (Å²) in [4.78, 5) is 19.6. The van der Waals surface area contributed by atoms with Crippen molar-refractivity contribution in [3.8, 4) is 10.7 Å². The molecular weight excluding hydrogens is 329 g/mol. The zero-order valence-electron chi connectivity index (χ0n) is 11.4. The summed E-state index contributed by atoms with van der Waals surface area (Å²) in [5.74, 6) is -0.103. The van der Waals surface area contributed by atoms with Crippen molar-refractivity contribution >= 4 is 17.3 Å². The lowest BCUT2D eigenvalue weighted by molar-refractivity contribution is -0.141. The average molecular weight is 338 g/mol. The Morgan fingerprint density at radius 3 is 2.70 bits per heavy atom. The van der Waals surface area contributed by atoms with Crippen LogP contribution in [0.4, 0.5) is 19.1 Å². The van der Waals surface area contributed by atoms with E-state index in [1.807, 2.05) is 0 Å². The topological polar surface area (TPSA) is 76.5 Å². The van der Waals surface area contributed by atoms with Gasteiger partial charge in [-0.05, 0) is 6.07 Å². The van der Waals surface area contributed by atoms with Crippen LogP contribution in [-0.2, 0) is 12.7 Å². The molecule has 23 heavy (non-hydrogen) atoms. The summed E-state index contributed by atoms with van der Waals surface area (Å²) in [5, 5.41) is 5.19. The zero-order valence-corrected chi connectivity index (χ0v) is 12.3. The summed E-state index contributed by atoms with van der Waals surface area (Å²) in [6, 6.07) is 0.820. The van der Waals surface area contributed by atoms with Gasteiger partial charge in [-0.1, -0.05) is 0 Å². The summed E-state index contributed by atoms with van der Waals surface area (Å²) in [5.41, 5.74) is 0.296. The Labute approximate surface area is 132 Å². The van der Waals surface area contributed by atoms with Crippen molar-refractivity contribution in [2.75, 3.05) is 5.32 Å². The molecule has 0 atom stereocenters. The molecular formula is C13H9F3N6S. The molecule has 0 radical (unpaired) electrons. The Hall–Kier alpha value is -2.62. The van der Waals surface area contributed by atoms with Crippen molar-refractivity contribution < 1.29 is 13.2 Å². The molecule has 1 N–H and O–H groups in total. The van der Waals surface area contributed by atoms with Gasteiger partial charge >= 0.3 is 6.18 Å². The van der Waals surface area contributed by atoms with Crippen molar-refractivity contribution in [1.29, 1.82) is 0 Å². The minimum Gasteiger partial charge on any atom is -0.349 e. The number of rotatable bonds is 4. The van der Waals surface area contributed by atoms with Crippen molar-refractivity contribution in [2.24, 2.45) is 0 Å². The minimum absolute atomic E-state index is 0.103. The first kappa shape index (κ1) is 15.3. The Bertz CT molecular complexity index is 790. The highest BCUT2D eigenvalue weighted by Crippen LogP contribution is 2.27. The monoisotopic (exact) mass is 338 g/mol. The third-order valence-corrected chi connectivity index (χ3v) is 3.62. The second-order valence-corrected chi connectivity index (χ2v) is 5.21. The van der Waals surface area contributed by atoms with E-state index in [-0.39, 0.29) is 12.5 Å². The second kappa shape index (κ2) is 6.24. The van der Waals surface area contributed by atoms with Crippen molar-refractivity contribution in [3.63, 3.8) is 0 Å². The Balaban J connectivity index is 1.69. The number of aromatic nitrogens is 5. The van der Waals surface area contributed by atoms with Crippen LogP contribution in [0.5, 0.6) is 0 Å². The summed E-state index contributed by atoms with van der Waals surface area (Å²) >= 11 is 1.37. The van der Waals surface area contributed by atoms with Gasteiger partial charge in [0.15, 0.2) is 0 Å². The van der Waals surface area contributed by atoms with Gasteiger partial charge in [-0.3, -0.25) is 9.97 Å². The van der Waals surface area contributed by atoms with E-state index in [9.17, 15) is 13.2 Å². The molecule has 118 valence electrons. The molecule has 6 nitrogen and oxygen atoms in total. The molecule has 3 aromatic heterocycles. The van der Waals surface area contributed by atoms with Gasteiger partial charge in [-0.2, -0.15) is 13.2 Å². The molecule has 3 heterocycles. The highest BCUT2D eigenvalue weighted by atomic mass is 32.1. The molecule has 0 aliphatic rings. The second-order valence-electron chi connectivity index (χ2n) is 4.35. The van der Waals surface area contributed by atoms with E-state index >= 15 is 0 Å². The van der Waals surface area contributed by atoms with E-state index in [2.05, 4.69) is 30.2 Å². The van der Waals surface area contributed by atoms with Gasteiger partial charge in [0.05, 0.1) is 18.4 Å². The van der Waals surface area contributed by atoms with Crippen LogP contribution in [0, 0.1) is 0 Å². The van der Waals surface area contributed by atoms with Gasteiger partial charge in [0, 0.05) is 24.0 Å². The number of nitrogens with one attached hydrogen (secondary N) is 1. The average Bonchev–Trinajstić information content (AvgIpc) is 3.02. The van der Waals surface area contributed by atoms with Gasteiger partial charge in [-0.15, -0.1) is 11.3 Å². The van der Waals surface area contributed by atoms with Gasteiger partial charge in [0.1, 0.15) is 16.4 Å². The van der Waals surface area contributed by atoms with Gasteiger partial charge < -0.3 is 5.32 Å². The predicted molar refractivity (Wildman–Crippen MR) is 77.5 cm³/mol.